The van der Waals surface area contributed by atoms with E-state index in [2.05, 4.69) is 13.8 Å². The molecule has 0 aliphatic heterocycles. The molecule has 0 amide bonds. The summed E-state index contributed by atoms with van der Waals surface area (Å²) in [5, 5.41) is 0. The first-order valence-electron chi connectivity index (χ1n) is 16.0. The van der Waals surface area contributed by atoms with Crippen molar-refractivity contribution < 1.29 is 35.7 Å². The number of ether oxygens (including phenoxy) is 1. The summed E-state index contributed by atoms with van der Waals surface area (Å²) in [5.74, 6) is 0. The average Bonchev–Trinajstić information content (AvgIpc) is 2.83. The second-order valence-electron chi connectivity index (χ2n) is 10.8. The van der Waals surface area contributed by atoms with Crippen LogP contribution in [-0.2, 0) is 4.74 Å². The molecule has 0 aromatic heterocycles. The van der Waals surface area contributed by atoms with E-state index in [-0.39, 0.29) is 31.0 Å². The molecule has 0 saturated carbocycles. The molecule has 0 atom stereocenters. The summed E-state index contributed by atoms with van der Waals surface area (Å²) >= 11 is 0. The molecule has 0 aliphatic rings. The van der Waals surface area contributed by atoms with Crippen molar-refractivity contribution in [1.82, 2.24) is 0 Å². The third-order valence-electron chi connectivity index (χ3n) is 7.28. The van der Waals surface area contributed by atoms with Crippen LogP contribution < -0.4 is 29.6 Å². The topological polar surface area (TPSA) is 9.23 Å². The summed E-state index contributed by atoms with van der Waals surface area (Å²) in [4.78, 5) is 0. The monoisotopic (exact) mass is 491 g/mol. The first-order valence-corrected chi connectivity index (χ1v) is 16.0. The fourth-order valence-electron chi connectivity index (χ4n) is 4.90. The molecule has 0 bridgehead atoms. The van der Waals surface area contributed by atoms with Crippen LogP contribution in [0.15, 0.2) is 0 Å². The van der Waals surface area contributed by atoms with Crippen molar-refractivity contribution in [2.45, 2.75) is 194 Å². The molecule has 0 heterocycles. The smallest absolute Gasteiger partial charge is 1.00 e. The van der Waals surface area contributed by atoms with Gasteiger partial charge in [0.2, 0.25) is 0 Å². The molecular weight excluding hydrogens is 423 g/mol. The Hall–Kier alpha value is 0.960. The van der Waals surface area contributed by atoms with Gasteiger partial charge in [-0.1, -0.05) is 181 Å². The van der Waals surface area contributed by atoms with Crippen molar-refractivity contribution in [1.29, 1.82) is 0 Å². The van der Waals surface area contributed by atoms with Gasteiger partial charge in [-0.05, 0) is 12.8 Å². The summed E-state index contributed by atoms with van der Waals surface area (Å²) < 4.78 is 5.85. The zero-order valence-electron chi connectivity index (χ0n) is 25.6. The molecule has 0 radical (unpaired) electrons. The van der Waals surface area contributed by atoms with Crippen molar-refractivity contribution in [3.8, 4) is 0 Å². The molecule has 0 saturated heterocycles. The fourth-order valence-corrected chi connectivity index (χ4v) is 4.90. The Morgan fingerprint density at radius 1 is 0.294 bits per heavy atom. The van der Waals surface area contributed by atoms with E-state index in [0.717, 1.165) is 13.2 Å². The molecule has 34 heavy (non-hydrogen) atoms. The second-order valence-corrected chi connectivity index (χ2v) is 10.8. The summed E-state index contributed by atoms with van der Waals surface area (Å²) in [6.07, 6.45) is 40.1. The van der Waals surface area contributed by atoms with Crippen LogP contribution in [0.2, 0.25) is 0 Å². The maximum absolute atomic E-state index is 5.85. The van der Waals surface area contributed by atoms with Gasteiger partial charge in [-0.3, -0.25) is 0 Å². The summed E-state index contributed by atoms with van der Waals surface area (Å²) in [6.45, 7) is 6.59. The third-order valence-corrected chi connectivity index (χ3v) is 7.28. The Morgan fingerprint density at radius 3 is 0.676 bits per heavy atom. The Labute approximate surface area is 241 Å². The number of rotatable bonds is 30. The van der Waals surface area contributed by atoms with Gasteiger partial charge in [0.25, 0.3) is 0 Å². The van der Waals surface area contributed by atoms with Gasteiger partial charge in [0, 0.05) is 13.2 Å². The molecule has 202 valence electrons. The van der Waals surface area contributed by atoms with Gasteiger partial charge in [-0.25, -0.2) is 0 Å². The van der Waals surface area contributed by atoms with E-state index >= 15 is 0 Å². The van der Waals surface area contributed by atoms with Crippen LogP contribution in [0.25, 0.3) is 0 Å². The van der Waals surface area contributed by atoms with Crippen molar-refractivity contribution in [2.75, 3.05) is 13.2 Å². The summed E-state index contributed by atoms with van der Waals surface area (Å²) in [5.41, 5.74) is 0. The van der Waals surface area contributed by atoms with Gasteiger partial charge in [0.05, 0.1) is 0 Å². The van der Waals surface area contributed by atoms with E-state index < -0.39 is 0 Å². The van der Waals surface area contributed by atoms with Crippen LogP contribution in [0.4, 0.5) is 0 Å². The van der Waals surface area contributed by atoms with E-state index in [1.165, 1.54) is 180 Å². The predicted octanol–water partition coefficient (Wildman–Crippen LogP) is 9.08. The van der Waals surface area contributed by atoms with Gasteiger partial charge in [0.1, 0.15) is 0 Å². The van der Waals surface area contributed by atoms with E-state index in [1.54, 1.807) is 0 Å². The number of hydrogen-bond acceptors (Lipinski definition) is 1. The van der Waals surface area contributed by atoms with E-state index in [0.29, 0.717) is 0 Å². The van der Waals surface area contributed by atoms with Crippen molar-refractivity contribution >= 4 is 0 Å². The molecular formula is C32H67NaO. The molecule has 0 aliphatic carbocycles. The zero-order chi connectivity index (χ0) is 23.9. The van der Waals surface area contributed by atoms with Crippen LogP contribution in [0.3, 0.4) is 0 Å². The molecule has 0 aromatic carbocycles. The van der Waals surface area contributed by atoms with E-state index in [4.69, 9.17) is 4.74 Å². The van der Waals surface area contributed by atoms with Crippen LogP contribution in [0, 0.1) is 0 Å². The van der Waals surface area contributed by atoms with Crippen molar-refractivity contribution in [2.24, 2.45) is 0 Å². The maximum atomic E-state index is 5.85. The predicted molar refractivity (Wildman–Crippen MR) is 153 cm³/mol. The zero-order valence-corrected chi connectivity index (χ0v) is 26.6. The van der Waals surface area contributed by atoms with Crippen LogP contribution >= 0.6 is 0 Å². The first kappa shape index (κ1) is 37.1. The number of unbranched alkanes of at least 4 members (excludes halogenated alkanes) is 26. The van der Waals surface area contributed by atoms with E-state index in [1.807, 2.05) is 0 Å². The van der Waals surface area contributed by atoms with Gasteiger partial charge in [0.15, 0.2) is 0 Å². The van der Waals surface area contributed by atoms with Gasteiger partial charge in [-0.2, -0.15) is 0 Å². The molecule has 0 fully saturated rings. The minimum Gasteiger partial charge on any atom is -1.00 e. The van der Waals surface area contributed by atoms with Crippen molar-refractivity contribution in [3.63, 3.8) is 0 Å². The quantitative estimate of drug-likeness (QED) is 0.0720. The molecule has 0 rings (SSSR count). The summed E-state index contributed by atoms with van der Waals surface area (Å²) in [6, 6.07) is 0. The fraction of sp³-hybridized carbons (Fsp3) is 1.00. The minimum absolute atomic E-state index is 0. The Kier molecular flexibility index (Phi) is 39.4. The largest absolute Gasteiger partial charge is 1.00 e. The average molecular weight is 491 g/mol. The Balaban J connectivity index is -0.00000512. The molecule has 0 spiro atoms. The van der Waals surface area contributed by atoms with Crippen LogP contribution in [-0.4, -0.2) is 13.2 Å². The molecule has 0 aromatic rings. The van der Waals surface area contributed by atoms with Gasteiger partial charge >= 0.3 is 29.6 Å². The summed E-state index contributed by atoms with van der Waals surface area (Å²) in [7, 11) is 0. The van der Waals surface area contributed by atoms with Gasteiger partial charge < -0.3 is 6.16 Å². The molecule has 0 unspecified atom stereocenters. The minimum atomic E-state index is 0. The van der Waals surface area contributed by atoms with Crippen LogP contribution in [0.1, 0.15) is 195 Å². The Morgan fingerprint density at radius 2 is 0.471 bits per heavy atom. The normalized spacial score (nSPS) is 11.1. The van der Waals surface area contributed by atoms with E-state index in [9.17, 15) is 0 Å². The third kappa shape index (κ3) is 35.1. The second kappa shape index (κ2) is 36.1. The first-order chi connectivity index (χ1) is 16.4. The van der Waals surface area contributed by atoms with Gasteiger partial charge in [-0.15, -0.1) is 0 Å². The SMILES string of the molecule is CCCCCCCCCCCCCCCCOCCCCCCCCCCCCCCCC.[H-].[Na+]. The van der Waals surface area contributed by atoms with Crippen LogP contribution in [0.5, 0.6) is 0 Å². The molecule has 0 N–H and O–H groups in total. The Bertz CT molecular complexity index is 297. The molecule has 1 nitrogen and oxygen atoms in total. The molecule has 2 heteroatoms. The standard InChI is InChI=1S/C32H66O.Na.H/c1-3-5-7-9-11-13-15-17-19-21-23-25-27-29-31-33-32-30-28-26-24-22-20-18-16-14-12-10-8-6-4-2;;/h3-32H2,1-2H3;;/q;+1;-1. The van der Waals surface area contributed by atoms with Crippen molar-refractivity contribution in [3.05, 3.63) is 0 Å². The number of hydrogen-bond donors (Lipinski definition) is 0. The maximum Gasteiger partial charge on any atom is 1.00 e.